The van der Waals surface area contributed by atoms with Gasteiger partial charge in [0.25, 0.3) is 11.8 Å². The molecule has 0 aromatic heterocycles. The Morgan fingerprint density at radius 2 is 1.93 bits per heavy atom. The maximum absolute atomic E-state index is 12.8. The van der Waals surface area contributed by atoms with Crippen LogP contribution in [0.5, 0.6) is 0 Å². The molecule has 5 heteroatoms. The van der Waals surface area contributed by atoms with E-state index in [0.717, 1.165) is 29.7 Å². The van der Waals surface area contributed by atoms with Gasteiger partial charge in [0.2, 0.25) is 0 Å². The average molecular weight is 380 g/mol. The van der Waals surface area contributed by atoms with Gasteiger partial charge in [-0.1, -0.05) is 45.0 Å². The van der Waals surface area contributed by atoms with Gasteiger partial charge in [-0.05, 0) is 43.0 Å². The van der Waals surface area contributed by atoms with Gasteiger partial charge in [0.05, 0.1) is 0 Å². The molecule has 148 valence electrons. The zero-order valence-electron chi connectivity index (χ0n) is 16.9. The SMILES string of the molecule is CCCN1C(=O)c2ccccc2C1Nc1cccc(C(=O)NCCC(C)C)c1. The summed E-state index contributed by atoms with van der Waals surface area (Å²) in [5, 5.41) is 6.43. The maximum atomic E-state index is 12.8. The first-order chi connectivity index (χ1) is 13.5. The van der Waals surface area contributed by atoms with E-state index in [0.29, 0.717) is 24.6 Å². The summed E-state index contributed by atoms with van der Waals surface area (Å²) in [4.78, 5) is 27.0. The van der Waals surface area contributed by atoms with Crippen molar-refractivity contribution in [1.82, 2.24) is 10.2 Å². The predicted molar refractivity (Wildman–Crippen MR) is 112 cm³/mol. The summed E-state index contributed by atoms with van der Waals surface area (Å²) in [6.07, 6.45) is 1.62. The van der Waals surface area contributed by atoms with Gasteiger partial charge in [-0.25, -0.2) is 0 Å². The second kappa shape index (κ2) is 8.91. The van der Waals surface area contributed by atoms with Crippen LogP contribution in [0.25, 0.3) is 0 Å². The van der Waals surface area contributed by atoms with Gasteiger partial charge >= 0.3 is 0 Å². The Kier molecular flexibility index (Phi) is 6.34. The molecule has 0 spiro atoms. The number of benzene rings is 2. The second-order valence-electron chi connectivity index (χ2n) is 7.65. The molecule has 1 atom stereocenters. The van der Waals surface area contributed by atoms with E-state index in [1.54, 1.807) is 0 Å². The molecule has 0 saturated carbocycles. The number of nitrogens with zero attached hydrogens (tertiary/aromatic N) is 1. The fraction of sp³-hybridized carbons (Fsp3) is 0.391. The molecule has 2 N–H and O–H groups in total. The molecule has 1 unspecified atom stereocenters. The summed E-state index contributed by atoms with van der Waals surface area (Å²) in [7, 11) is 0. The number of fused-ring (bicyclic) bond motifs is 1. The smallest absolute Gasteiger partial charge is 0.256 e. The standard InChI is InChI=1S/C23H29N3O2/c1-4-14-26-21(19-10-5-6-11-20(19)23(26)28)25-18-9-7-8-17(15-18)22(27)24-13-12-16(2)3/h5-11,15-16,21,25H,4,12-14H2,1-3H3,(H,24,27). The zero-order valence-corrected chi connectivity index (χ0v) is 16.9. The lowest BCUT2D eigenvalue weighted by atomic mass is 10.1. The monoisotopic (exact) mass is 379 g/mol. The molecule has 1 aliphatic heterocycles. The highest BCUT2D eigenvalue weighted by molar-refractivity contribution is 5.99. The van der Waals surface area contributed by atoms with Crippen LogP contribution in [0, 0.1) is 5.92 Å². The molecule has 1 heterocycles. The largest absolute Gasteiger partial charge is 0.361 e. The first kappa shape index (κ1) is 19.9. The average Bonchev–Trinajstić information content (AvgIpc) is 2.94. The number of rotatable bonds is 8. The molecule has 5 nitrogen and oxygen atoms in total. The zero-order chi connectivity index (χ0) is 20.1. The molecule has 2 amide bonds. The van der Waals surface area contributed by atoms with Gasteiger partial charge < -0.3 is 15.5 Å². The minimum Gasteiger partial charge on any atom is -0.361 e. The van der Waals surface area contributed by atoms with Crippen molar-refractivity contribution in [1.29, 1.82) is 0 Å². The summed E-state index contributed by atoms with van der Waals surface area (Å²) in [6, 6.07) is 15.2. The van der Waals surface area contributed by atoms with Crippen LogP contribution >= 0.6 is 0 Å². The first-order valence-corrected chi connectivity index (χ1v) is 10.1. The molecular weight excluding hydrogens is 350 g/mol. The van der Waals surface area contributed by atoms with Crippen LogP contribution in [0.15, 0.2) is 48.5 Å². The van der Waals surface area contributed by atoms with Crippen LogP contribution in [0.4, 0.5) is 5.69 Å². The maximum Gasteiger partial charge on any atom is 0.256 e. The molecule has 2 aromatic rings. The second-order valence-corrected chi connectivity index (χ2v) is 7.65. The summed E-state index contributed by atoms with van der Waals surface area (Å²) in [5.74, 6) is 0.535. The molecule has 0 aliphatic carbocycles. The van der Waals surface area contributed by atoms with Gasteiger partial charge in [-0.2, -0.15) is 0 Å². The van der Waals surface area contributed by atoms with Crippen LogP contribution in [-0.2, 0) is 0 Å². The highest BCUT2D eigenvalue weighted by Crippen LogP contribution is 2.34. The van der Waals surface area contributed by atoms with Gasteiger partial charge in [0, 0.05) is 35.5 Å². The number of carbonyl (C=O) groups excluding carboxylic acids is 2. The molecule has 0 radical (unpaired) electrons. The van der Waals surface area contributed by atoms with Crippen molar-refractivity contribution in [3.63, 3.8) is 0 Å². The molecule has 2 aromatic carbocycles. The lowest BCUT2D eigenvalue weighted by Gasteiger charge is -2.27. The normalized spacial score (nSPS) is 15.6. The molecule has 28 heavy (non-hydrogen) atoms. The van der Waals surface area contributed by atoms with E-state index >= 15 is 0 Å². The van der Waals surface area contributed by atoms with E-state index in [4.69, 9.17) is 0 Å². The molecule has 3 rings (SSSR count). The van der Waals surface area contributed by atoms with E-state index in [1.165, 1.54) is 0 Å². The highest BCUT2D eigenvalue weighted by atomic mass is 16.2. The Morgan fingerprint density at radius 3 is 2.68 bits per heavy atom. The number of anilines is 1. The molecule has 0 saturated heterocycles. The number of hydrogen-bond donors (Lipinski definition) is 2. The number of nitrogens with one attached hydrogen (secondary N) is 2. The van der Waals surface area contributed by atoms with Crippen molar-refractivity contribution < 1.29 is 9.59 Å². The van der Waals surface area contributed by atoms with Crippen LogP contribution in [0.3, 0.4) is 0 Å². The molecule has 0 fully saturated rings. The van der Waals surface area contributed by atoms with E-state index in [2.05, 4.69) is 31.4 Å². The fourth-order valence-corrected chi connectivity index (χ4v) is 3.48. The van der Waals surface area contributed by atoms with E-state index in [9.17, 15) is 9.59 Å². The number of carbonyl (C=O) groups is 2. The Balaban J connectivity index is 1.77. The minimum atomic E-state index is -0.220. The van der Waals surface area contributed by atoms with E-state index in [1.807, 2.05) is 53.4 Å². The third kappa shape index (κ3) is 4.35. The van der Waals surface area contributed by atoms with Crippen molar-refractivity contribution in [2.45, 2.75) is 39.8 Å². The van der Waals surface area contributed by atoms with Crippen molar-refractivity contribution in [2.24, 2.45) is 5.92 Å². The summed E-state index contributed by atoms with van der Waals surface area (Å²) in [6.45, 7) is 7.69. The van der Waals surface area contributed by atoms with Crippen molar-refractivity contribution in [2.75, 3.05) is 18.4 Å². The Morgan fingerprint density at radius 1 is 1.14 bits per heavy atom. The lowest BCUT2D eigenvalue weighted by molar-refractivity contribution is 0.0742. The summed E-state index contributed by atoms with van der Waals surface area (Å²) >= 11 is 0. The van der Waals surface area contributed by atoms with Gasteiger partial charge in [0.1, 0.15) is 6.17 Å². The van der Waals surface area contributed by atoms with Gasteiger partial charge in [0.15, 0.2) is 0 Å². The first-order valence-electron chi connectivity index (χ1n) is 10.1. The van der Waals surface area contributed by atoms with Gasteiger partial charge in [-0.3, -0.25) is 9.59 Å². The minimum absolute atomic E-state index is 0.0533. The topological polar surface area (TPSA) is 61.4 Å². The molecule has 0 bridgehead atoms. The lowest BCUT2D eigenvalue weighted by Crippen LogP contribution is -2.33. The quantitative estimate of drug-likeness (QED) is 0.713. The molecule has 1 aliphatic rings. The highest BCUT2D eigenvalue weighted by Gasteiger charge is 2.35. The van der Waals surface area contributed by atoms with Gasteiger partial charge in [-0.15, -0.1) is 0 Å². The third-order valence-electron chi connectivity index (χ3n) is 4.96. The predicted octanol–water partition coefficient (Wildman–Crippen LogP) is 4.44. The van der Waals surface area contributed by atoms with Crippen molar-refractivity contribution >= 4 is 17.5 Å². The van der Waals surface area contributed by atoms with Crippen LogP contribution in [0.2, 0.25) is 0 Å². The fourth-order valence-electron chi connectivity index (χ4n) is 3.48. The van der Waals surface area contributed by atoms with E-state index in [-0.39, 0.29) is 18.0 Å². The number of hydrogen-bond acceptors (Lipinski definition) is 3. The van der Waals surface area contributed by atoms with Crippen LogP contribution in [0.1, 0.15) is 66.1 Å². The van der Waals surface area contributed by atoms with Crippen LogP contribution < -0.4 is 10.6 Å². The van der Waals surface area contributed by atoms with Crippen molar-refractivity contribution in [3.05, 3.63) is 65.2 Å². The van der Waals surface area contributed by atoms with Crippen LogP contribution in [-0.4, -0.2) is 29.8 Å². The summed E-state index contributed by atoms with van der Waals surface area (Å²) < 4.78 is 0. The number of amides is 2. The summed E-state index contributed by atoms with van der Waals surface area (Å²) in [5.41, 5.74) is 3.17. The van der Waals surface area contributed by atoms with E-state index < -0.39 is 0 Å². The van der Waals surface area contributed by atoms with Crippen molar-refractivity contribution in [3.8, 4) is 0 Å². The Hall–Kier alpha value is -2.82. The Bertz CT molecular complexity index is 847. The third-order valence-corrected chi connectivity index (χ3v) is 4.96. The Labute approximate surface area is 167 Å². The molecular formula is C23H29N3O2.